The maximum atomic E-state index is 10.8. The molecule has 0 unspecified atom stereocenters. The zero-order chi connectivity index (χ0) is 15.7. The summed E-state index contributed by atoms with van der Waals surface area (Å²) in [6, 6.07) is 8.22. The fraction of sp³-hybridized carbons (Fsp3) is 0.143. The van der Waals surface area contributed by atoms with E-state index in [1.165, 1.54) is 16.8 Å². The van der Waals surface area contributed by atoms with Gasteiger partial charge in [-0.25, -0.2) is 9.50 Å². The predicted molar refractivity (Wildman–Crippen MR) is 78.2 cm³/mol. The van der Waals surface area contributed by atoms with E-state index in [1.54, 1.807) is 38.5 Å². The van der Waals surface area contributed by atoms with E-state index < -0.39 is 4.92 Å². The molecule has 2 heterocycles. The van der Waals surface area contributed by atoms with Gasteiger partial charge in [0.05, 0.1) is 19.1 Å². The first-order valence-corrected chi connectivity index (χ1v) is 6.35. The highest BCUT2D eigenvalue weighted by molar-refractivity contribution is 5.63. The Morgan fingerprint density at radius 2 is 1.82 bits per heavy atom. The van der Waals surface area contributed by atoms with E-state index in [1.807, 2.05) is 0 Å². The molecule has 8 heteroatoms. The summed E-state index contributed by atoms with van der Waals surface area (Å²) in [4.78, 5) is 14.7. The molecule has 0 aliphatic rings. The first-order chi connectivity index (χ1) is 10.6. The number of rotatable bonds is 4. The predicted octanol–water partition coefficient (Wildman–Crippen LogP) is 2.32. The van der Waals surface area contributed by atoms with E-state index in [0.717, 1.165) is 0 Å². The largest absolute Gasteiger partial charge is 0.497 e. The Hall–Kier alpha value is -3.16. The maximum Gasteiger partial charge on any atom is 0.287 e. The van der Waals surface area contributed by atoms with Crippen LogP contribution in [0.4, 0.5) is 5.69 Å². The first kappa shape index (κ1) is 13.8. The number of benzene rings is 1. The molecule has 0 spiro atoms. The van der Waals surface area contributed by atoms with E-state index in [4.69, 9.17) is 9.47 Å². The van der Waals surface area contributed by atoms with Gasteiger partial charge in [-0.3, -0.25) is 10.1 Å². The van der Waals surface area contributed by atoms with Crippen LogP contribution in [0.15, 0.2) is 36.5 Å². The van der Waals surface area contributed by atoms with E-state index in [-0.39, 0.29) is 5.69 Å². The fourth-order valence-electron chi connectivity index (χ4n) is 2.04. The van der Waals surface area contributed by atoms with Gasteiger partial charge in [0, 0.05) is 17.7 Å². The van der Waals surface area contributed by atoms with E-state index in [0.29, 0.717) is 28.5 Å². The van der Waals surface area contributed by atoms with Crippen molar-refractivity contribution in [2.24, 2.45) is 0 Å². The third-order valence-corrected chi connectivity index (χ3v) is 3.14. The van der Waals surface area contributed by atoms with E-state index >= 15 is 0 Å². The highest BCUT2D eigenvalue weighted by Crippen LogP contribution is 2.28. The van der Waals surface area contributed by atoms with Crippen molar-refractivity contribution in [3.05, 3.63) is 46.6 Å². The number of aromatic nitrogens is 3. The van der Waals surface area contributed by atoms with Crippen molar-refractivity contribution in [3.63, 3.8) is 0 Å². The summed E-state index contributed by atoms with van der Waals surface area (Å²) in [6.07, 6.45) is 1.32. The van der Waals surface area contributed by atoms with Gasteiger partial charge in [0.15, 0.2) is 11.5 Å². The third kappa shape index (κ3) is 2.41. The smallest absolute Gasteiger partial charge is 0.287 e. The highest BCUT2D eigenvalue weighted by atomic mass is 16.6. The lowest BCUT2D eigenvalue weighted by Crippen LogP contribution is -1.93. The molecule has 8 nitrogen and oxygen atoms in total. The Labute approximate surface area is 125 Å². The standard InChI is InChI=1S/C14H12N4O4/c1-21-11-5-9(6-12(7-11)22-2)14-15-13-4-3-10(18(19)20)8-17(13)16-14/h3-8H,1-2H3. The minimum Gasteiger partial charge on any atom is -0.497 e. The van der Waals surface area contributed by atoms with Crippen LogP contribution in [0, 0.1) is 10.1 Å². The van der Waals surface area contributed by atoms with Crippen LogP contribution in [-0.2, 0) is 0 Å². The second-order valence-electron chi connectivity index (χ2n) is 4.48. The summed E-state index contributed by atoms with van der Waals surface area (Å²) in [5.74, 6) is 1.65. The Morgan fingerprint density at radius 1 is 1.14 bits per heavy atom. The number of hydrogen-bond donors (Lipinski definition) is 0. The van der Waals surface area contributed by atoms with Crippen LogP contribution < -0.4 is 9.47 Å². The molecular formula is C14H12N4O4. The lowest BCUT2D eigenvalue weighted by molar-refractivity contribution is -0.385. The summed E-state index contributed by atoms with van der Waals surface area (Å²) in [5.41, 5.74) is 1.16. The number of nitrogens with zero attached hydrogens (tertiary/aromatic N) is 4. The average Bonchev–Trinajstić information content (AvgIpc) is 2.97. The molecule has 0 N–H and O–H groups in total. The lowest BCUT2D eigenvalue weighted by atomic mass is 10.2. The van der Waals surface area contributed by atoms with Crippen molar-refractivity contribution >= 4 is 11.3 Å². The number of ether oxygens (including phenoxy) is 2. The number of methoxy groups -OCH3 is 2. The summed E-state index contributed by atoms with van der Waals surface area (Å²) in [5, 5.41) is 15.1. The summed E-state index contributed by atoms with van der Waals surface area (Å²) < 4.78 is 11.8. The van der Waals surface area contributed by atoms with Gasteiger partial charge in [-0.1, -0.05) is 0 Å². The second-order valence-corrected chi connectivity index (χ2v) is 4.48. The Kier molecular flexibility index (Phi) is 3.34. The molecule has 22 heavy (non-hydrogen) atoms. The van der Waals surface area contributed by atoms with Gasteiger partial charge >= 0.3 is 0 Å². The van der Waals surface area contributed by atoms with Crippen molar-refractivity contribution in [2.75, 3.05) is 14.2 Å². The minimum atomic E-state index is -0.477. The monoisotopic (exact) mass is 300 g/mol. The summed E-state index contributed by atoms with van der Waals surface area (Å²) >= 11 is 0. The second kappa shape index (κ2) is 5.32. The molecule has 3 rings (SSSR count). The first-order valence-electron chi connectivity index (χ1n) is 6.35. The zero-order valence-electron chi connectivity index (χ0n) is 11.9. The van der Waals surface area contributed by atoms with Gasteiger partial charge in [0.25, 0.3) is 5.69 Å². The Balaban J connectivity index is 2.11. The SMILES string of the molecule is COc1cc(OC)cc(-c2nc3ccc([N+](=O)[O-])cn3n2)c1. The normalized spacial score (nSPS) is 10.6. The number of pyridine rings is 1. The van der Waals surface area contributed by atoms with Gasteiger partial charge in [0.2, 0.25) is 0 Å². The van der Waals surface area contributed by atoms with Gasteiger partial charge in [-0.2, -0.15) is 0 Å². The molecule has 0 aliphatic heterocycles. The van der Waals surface area contributed by atoms with Crippen LogP contribution in [0.3, 0.4) is 0 Å². The quantitative estimate of drug-likeness (QED) is 0.542. The minimum absolute atomic E-state index is 0.0489. The van der Waals surface area contributed by atoms with Gasteiger partial charge in [-0.15, -0.1) is 5.10 Å². The zero-order valence-corrected chi connectivity index (χ0v) is 11.9. The lowest BCUT2D eigenvalue weighted by Gasteiger charge is -2.05. The van der Waals surface area contributed by atoms with Crippen LogP contribution >= 0.6 is 0 Å². The molecule has 0 aliphatic carbocycles. The average molecular weight is 300 g/mol. The van der Waals surface area contributed by atoms with Crippen molar-refractivity contribution in [2.45, 2.75) is 0 Å². The van der Waals surface area contributed by atoms with Crippen LogP contribution in [-0.4, -0.2) is 33.7 Å². The third-order valence-electron chi connectivity index (χ3n) is 3.14. The molecule has 0 amide bonds. The van der Waals surface area contributed by atoms with Crippen molar-refractivity contribution in [1.82, 2.24) is 14.6 Å². The molecule has 0 fully saturated rings. The molecule has 0 saturated carbocycles. The van der Waals surface area contributed by atoms with Gasteiger partial charge in [-0.05, 0) is 18.2 Å². The molecule has 1 aromatic carbocycles. The van der Waals surface area contributed by atoms with Crippen molar-refractivity contribution < 1.29 is 14.4 Å². The van der Waals surface area contributed by atoms with Crippen LogP contribution in [0.1, 0.15) is 0 Å². The fourth-order valence-corrected chi connectivity index (χ4v) is 2.04. The Morgan fingerprint density at radius 3 is 2.41 bits per heavy atom. The molecule has 0 atom stereocenters. The number of nitro groups is 1. The molecule has 3 aromatic rings. The van der Waals surface area contributed by atoms with Crippen LogP contribution in [0.25, 0.3) is 17.0 Å². The molecular weight excluding hydrogens is 288 g/mol. The van der Waals surface area contributed by atoms with Crippen LogP contribution in [0.5, 0.6) is 11.5 Å². The molecule has 2 aromatic heterocycles. The van der Waals surface area contributed by atoms with E-state index in [9.17, 15) is 10.1 Å². The van der Waals surface area contributed by atoms with E-state index in [2.05, 4.69) is 10.1 Å². The maximum absolute atomic E-state index is 10.8. The molecule has 0 saturated heterocycles. The number of fused-ring (bicyclic) bond motifs is 1. The van der Waals surface area contributed by atoms with Crippen molar-refractivity contribution in [3.8, 4) is 22.9 Å². The Bertz CT molecular complexity index is 837. The molecule has 0 bridgehead atoms. The summed E-state index contributed by atoms with van der Waals surface area (Å²) in [7, 11) is 3.11. The summed E-state index contributed by atoms with van der Waals surface area (Å²) in [6.45, 7) is 0. The van der Waals surface area contributed by atoms with Gasteiger partial charge < -0.3 is 9.47 Å². The number of hydrogen-bond acceptors (Lipinski definition) is 6. The van der Waals surface area contributed by atoms with Gasteiger partial charge in [0.1, 0.15) is 17.7 Å². The highest BCUT2D eigenvalue weighted by Gasteiger charge is 2.12. The molecule has 112 valence electrons. The topological polar surface area (TPSA) is 91.8 Å². The van der Waals surface area contributed by atoms with Crippen LogP contribution in [0.2, 0.25) is 0 Å². The molecule has 0 radical (unpaired) electrons. The van der Waals surface area contributed by atoms with Crippen molar-refractivity contribution in [1.29, 1.82) is 0 Å².